The maximum Gasteiger partial charge on any atom is 0.191 e. The van der Waals surface area contributed by atoms with Crippen molar-refractivity contribution in [3.63, 3.8) is 0 Å². The van der Waals surface area contributed by atoms with Crippen molar-refractivity contribution in [2.24, 2.45) is 4.99 Å². The Bertz CT molecular complexity index is 719. The highest BCUT2D eigenvalue weighted by Gasteiger charge is 2.44. The van der Waals surface area contributed by atoms with Crippen LogP contribution in [0.15, 0.2) is 40.1 Å². The number of aryl methyl sites for hydroxylation is 1. The molecule has 1 fully saturated rings. The standard InChI is InChI=1S/C17H23BrN6/c1-3-24-12-22-23-15(24)10-20-16(19-2)21-11-17(7-8-17)13-5-4-6-14(18)9-13/h4-6,9,12H,3,7-8,10-11H2,1-2H3,(H2,19,20,21). The number of aromatic nitrogens is 3. The lowest BCUT2D eigenvalue weighted by Crippen LogP contribution is -2.41. The third-order valence-corrected chi connectivity index (χ3v) is 5.05. The summed E-state index contributed by atoms with van der Waals surface area (Å²) >= 11 is 3.56. The summed E-state index contributed by atoms with van der Waals surface area (Å²) in [6.07, 6.45) is 4.16. The van der Waals surface area contributed by atoms with Crippen LogP contribution >= 0.6 is 15.9 Å². The number of aliphatic imine (C=N–C) groups is 1. The molecule has 3 rings (SSSR count). The quantitative estimate of drug-likeness (QED) is 0.587. The molecule has 1 aromatic heterocycles. The van der Waals surface area contributed by atoms with Gasteiger partial charge in [0.25, 0.3) is 0 Å². The fourth-order valence-corrected chi connectivity index (χ4v) is 3.25. The minimum Gasteiger partial charge on any atom is -0.356 e. The van der Waals surface area contributed by atoms with E-state index in [1.165, 1.54) is 18.4 Å². The van der Waals surface area contributed by atoms with Gasteiger partial charge in [0, 0.05) is 30.0 Å². The maximum atomic E-state index is 4.31. The molecule has 0 atom stereocenters. The van der Waals surface area contributed by atoms with Crippen molar-refractivity contribution in [1.29, 1.82) is 0 Å². The van der Waals surface area contributed by atoms with Crippen LogP contribution < -0.4 is 10.6 Å². The van der Waals surface area contributed by atoms with Crippen LogP contribution in [0.3, 0.4) is 0 Å². The number of rotatable bonds is 6. The molecule has 0 spiro atoms. The van der Waals surface area contributed by atoms with Gasteiger partial charge in [-0.1, -0.05) is 28.1 Å². The molecule has 128 valence electrons. The highest BCUT2D eigenvalue weighted by atomic mass is 79.9. The van der Waals surface area contributed by atoms with E-state index in [2.05, 4.69) is 72.9 Å². The smallest absolute Gasteiger partial charge is 0.191 e. The van der Waals surface area contributed by atoms with Crippen LogP contribution in [0.5, 0.6) is 0 Å². The van der Waals surface area contributed by atoms with Crippen molar-refractivity contribution in [1.82, 2.24) is 25.4 Å². The van der Waals surface area contributed by atoms with Gasteiger partial charge in [0.2, 0.25) is 0 Å². The lowest BCUT2D eigenvalue weighted by atomic mass is 9.96. The maximum absolute atomic E-state index is 4.31. The van der Waals surface area contributed by atoms with Crippen molar-refractivity contribution >= 4 is 21.9 Å². The minimum atomic E-state index is 0.227. The normalized spacial score (nSPS) is 16.0. The van der Waals surface area contributed by atoms with E-state index in [-0.39, 0.29) is 5.41 Å². The van der Waals surface area contributed by atoms with E-state index in [1.54, 1.807) is 13.4 Å². The first-order valence-electron chi connectivity index (χ1n) is 8.24. The predicted octanol–water partition coefficient (Wildman–Crippen LogP) is 2.46. The lowest BCUT2D eigenvalue weighted by Gasteiger charge is -2.19. The molecule has 0 amide bonds. The monoisotopic (exact) mass is 390 g/mol. The van der Waals surface area contributed by atoms with E-state index in [0.29, 0.717) is 6.54 Å². The predicted molar refractivity (Wildman–Crippen MR) is 99.0 cm³/mol. The second-order valence-electron chi connectivity index (χ2n) is 6.10. The molecule has 7 heteroatoms. The Kier molecular flexibility index (Phi) is 5.18. The molecule has 1 aromatic carbocycles. The molecule has 0 bridgehead atoms. The number of hydrogen-bond donors (Lipinski definition) is 2. The summed E-state index contributed by atoms with van der Waals surface area (Å²) in [5.41, 5.74) is 1.61. The summed E-state index contributed by atoms with van der Waals surface area (Å²) in [5, 5.41) is 14.9. The summed E-state index contributed by atoms with van der Waals surface area (Å²) in [6.45, 7) is 4.43. The molecule has 0 aliphatic heterocycles. The molecule has 2 aromatic rings. The SMILES string of the molecule is CCn1cnnc1CNC(=NC)NCC1(c2cccc(Br)c2)CC1. The zero-order chi connectivity index (χ0) is 17.0. The van der Waals surface area contributed by atoms with Gasteiger partial charge >= 0.3 is 0 Å². The summed E-state index contributed by atoms with van der Waals surface area (Å²) in [5.74, 6) is 1.70. The van der Waals surface area contributed by atoms with Gasteiger partial charge in [-0.3, -0.25) is 4.99 Å². The molecular weight excluding hydrogens is 368 g/mol. The third kappa shape index (κ3) is 3.77. The fraction of sp³-hybridized carbons (Fsp3) is 0.471. The molecule has 24 heavy (non-hydrogen) atoms. The molecular formula is C17H23BrN6. The minimum absolute atomic E-state index is 0.227. The summed E-state index contributed by atoms with van der Waals surface area (Å²) in [7, 11) is 1.79. The Balaban J connectivity index is 1.57. The van der Waals surface area contributed by atoms with Crippen LogP contribution in [0.2, 0.25) is 0 Å². The summed E-state index contributed by atoms with van der Waals surface area (Å²) < 4.78 is 3.15. The molecule has 0 saturated heterocycles. The molecule has 1 aliphatic carbocycles. The van der Waals surface area contributed by atoms with E-state index >= 15 is 0 Å². The van der Waals surface area contributed by atoms with Crippen LogP contribution in [-0.2, 0) is 18.5 Å². The summed E-state index contributed by atoms with van der Waals surface area (Å²) in [4.78, 5) is 4.31. The topological polar surface area (TPSA) is 67.1 Å². The number of hydrogen-bond acceptors (Lipinski definition) is 3. The van der Waals surface area contributed by atoms with E-state index in [0.717, 1.165) is 29.3 Å². The Morgan fingerprint density at radius 2 is 2.21 bits per heavy atom. The van der Waals surface area contributed by atoms with Crippen LogP contribution in [0.1, 0.15) is 31.2 Å². The number of nitrogens with one attached hydrogen (secondary N) is 2. The van der Waals surface area contributed by atoms with E-state index in [1.807, 2.05) is 4.57 Å². The molecule has 1 aliphatic rings. The second kappa shape index (κ2) is 7.34. The molecule has 1 heterocycles. The Morgan fingerprint density at radius 3 is 2.88 bits per heavy atom. The molecule has 1 saturated carbocycles. The first-order valence-corrected chi connectivity index (χ1v) is 9.03. The lowest BCUT2D eigenvalue weighted by molar-refractivity contribution is 0.633. The molecule has 0 radical (unpaired) electrons. The van der Waals surface area contributed by atoms with Crippen LogP contribution in [0, 0.1) is 0 Å². The molecule has 0 unspecified atom stereocenters. The fourth-order valence-electron chi connectivity index (χ4n) is 2.85. The Hall–Kier alpha value is -1.89. The number of guanidine groups is 1. The van der Waals surface area contributed by atoms with Gasteiger partial charge in [-0.25, -0.2) is 0 Å². The highest BCUT2D eigenvalue weighted by Crippen LogP contribution is 2.48. The Morgan fingerprint density at radius 1 is 1.38 bits per heavy atom. The number of benzene rings is 1. The second-order valence-corrected chi connectivity index (χ2v) is 7.02. The van der Waals surface area contributed by atoms with Gasteiger partial charge in [-0.05, 0) is 37.5 Å². The van der Waals surface area contributed by atoms with Crippen molar-refractivity contribution < 1.29 is 0 Å². The molecule has 2 N–H and O–H groups in total. The van der Waals surface area contributed by atoms with Crippen LogP contribution in [-0.4, -0.2) is 34.3 Å². The van der Waals surface area contributed by atoms with Crippen molar-refractivity contribution in [2.45, 2.75) is 38.3 Å². The average molecular weight is 391 g/mol. The number of halogens is 1. The van der Waals surface area contributed by atoms with Gasteiger partial charge in [-0.2, -0.15) is 0 Å². The van der Waals surface area contributed by atoms with E-state index in [9.17, 15) is 0 Å². The van der Waals surface area contributed by atoms with Crippen LogP contribution in [0.4, 0.5) is 0 Å². The number of nitrogens with zero attached hydrogens (tertiary/aromatic N) is 4. The first kappa shape index (κ1) is 17.0. The van der Waals surface area contributed by atoms with E-state index in [4.69, 9.17) is 0 Å². The average Bonchev–Trinajstić information content (AvgIpc) is 3.25. The first-order chi connectivity index (χ1) is 11.7. The van der Waals surface area contributed by atoms with Crippen molar-refractivity contribution in [2.75, 3.05) is 13.6 Å². The third-order valence-electron chi connectivity index (χ3n) is 4.56. The van der Waals surface area contributed by atoms with Gasteiger partial charge in [0.15, 0.2) is 11.8 Å². The zero-order valence-electron chi connectivity index (χ0n) is 14.1. The van der Waals surface area contributed by atoms with E-state index < -0.39 is 0 Å². The van der Waals surface area contributed by atoms with Crippen LogP contribution in [0.25, 0.3) is 0 Å². The molecule has 6 nitrogen and oxygen atoms in total. The van der Waals surface area contributed by atoms with Crippen molar-refractivity contribution in [3.05, 3.63) is 46.5 Å². The van der Waals surface area contributed by atoms with Crippen molar-refractivity contribution in [3.8, 4) is 0 Å². The highest BCUT2D eigenvalue weighted by molar-refractivity contribution is 9.10. The zero-order valence-corrected chi connectivity index (χ0v) is 15.7. The largest absolute Gasteiger partial charge is 0.356 e. The summed E-state index contributed by atoms with van der Waals surface area (Å²) in [6, 6.07) is 8.59. The Labute approximate surface area is 150 Å². The van der Waals surface area contributed by atoms with Gasteiger partial charge in [0.1, 0.15) is 6.33 Å². The van der Waals surface area contributed by atoms with Gasteiger partial charge < -0.3 is 15.2 Å². The van der Waals surface area contributed by atoms with Gasteiger partial charge in [-0.15, -0.1) is 10.2 Å². The van der Waals surface area contributed by atoms with Gasteiger partial charge in [0.05, 0.1) is 6.54 Å².